The number of piperidine rings is 1. The molecule has 1 aromatic heterocycles. The molecule has 3 heteroatoms. The van der Waals surface area contributed by atoms with Crippen molar-refractivity contribution in [2.75, 3.05) is 24.5 Å². The van der Waals surface area contributed by atoms with E-state index in [1.807, 2.05) is 0 Å². The summed E-state index contributed by atoms with van der Waals surface area (Å²) in [4.78, 5) is 7.25. The van der Waals surface area contributed by atoms with Gasteiger partial charge in [-0.3, -0.25) is 0 Å². The van der Waals surface area contributed by atoms with E-state index in [9.17, 15) is 0 Å². The lowest BCUT2D eigenvalue weighted by Gasteiger charge is -2.31. The Morgan fingerprint density at radius 1 is 1.33 bits per heavy atom. The Balaban J connectivity index is 1.71. The second-order valence-corrected chi connectivity index (χ2v) is 5.73. The summed E-state index contributed by atoms with van der Waals surface area (Å²) in [5.74, 6) is 1.98. The zero-order valence-corrected chi connectivity index (χ0v) is 11.2. The molecule has 0 radical (unpaired) electrons. The molecule has 0 aromatic carbocycles. The van der Waals surface area contributed by atoms with Crippen LogP contribution in [0.25, 0.3) is 0 Å². The van der Waals surface area contributed by atoms with Gasteiger partial charge in [-0.2, -0.15) is 0 Å². The van der Waals surface area contributed by atoms with Gasteiger partial charge in [0.15, 0.2) is 0 Å². The highest BCUT2D eigenvalue weighted by molar-refractivity contribution is 5.42. The minimum atomic E-state index is 0.751. The third-order valence-electron chi connectivity index (χ3n) is 4.01. The van der Waals surface area contributed by atoms with Gasteiger partial charge in [0, 0.05) is 18.3 Å². The van der Waals surface area contributed by atoms with Crippen LogP contribution in [-0.4, -0.2) is 30.7 Å². The second-order valence-electron chi connectivity index (χ2n) is 5.73. The maximum atomic E-state index is 4.71. The van der Waals surface area contributed by atoms with E-state index in [2.05, 4.69) is 35.3 Å². The van der Waals surface area contributed by atoms with E-state index in [0.717, 1.165) is 17.7 Å². The molecule has 1 saturated carbocycles. The summed E-state index contributed by atoms with van der Waals surface area (Å²) in [6, 6.07) is 7.13. The van der Waals surface area contributed by atoms with Crippen molar-refractivity contribution in [3.63, 3.8) is 0 Å². The fourth-order valence-corrected chi connectivity index (χ4v) is 2.86. The first-order valence-corrected chi connectivity index (χ1v) is 7.24. The molecule has 1 aromatic rings. The predicted molar refractivity (Wildman–Crippen MR) is 74.9 cm³/mol. The lowest BCUT2D eigenvalue weighted by molar-refractivity contribution is 0.375. The number of aryl methyl sites for hydroxylation is 1. The van der Waals surface area contributed by atoms with Crippen LogP contribution >= 0.6 is 0 Å². The van der Waals surface area contributed by atoms with Crippen molar-refractivity contribution < 1.29 is 0 Å². The molecular weight excluding hydrogens is 222 g/mol. The van der Waals surface area contributed by atoms with Crippen molar-refractivity contribution in [1.29, 1.82) is 0 Å². The molecule has 3 rings (SSSR count). The maximum Gasteiger partial charge on any atom is 0.129 e. The van der Waals surface area contributed by atoms with E-state index < -0.39 is 0 Å². The summed E-state index contributed by atoms with van der Waals surface area (Å²) in [6.07, 6.45) is 5.37. The summed E-state index contributed by atoms with van der Waals surface area (Å²) < 4.78 is 0. The van der Waals surface area contributed by atoms with Gasteiger partial charge in [0.1, 0.15) is 5.82 Å². The SMILES string of the molecule is Cc1cccc(N(CC2CCCNC2)C2CC2)n1. The average molecular weight is 245 g/mol. The van der Waals surface area contributed by atoms with Crippen LogP contribution in [0.1, 0.15) is 31.4 Å². The predicted octanol–water partition coefficient (Wildman–Crippen LogP) is 2.36. The Hall–Kier alpha value is -1.09. The van der Waals surface area contributed by atoms with Gasteiger partial charge in [-0.15, -0.1) is 0 Å². The molecule has 1 atom stereocenters. The summed E-state index contributed by atoms with van der Waals surface area (Å²) in [5, 5.41) is 3.52. The Bertz CT molecular complexity index is 394. The zero-order valence-electron chi connectivity index (χ0n) is 11.2. The van der Waals surface area contributed by atoms with Gasteiger partial charge in [-0.05, 0) is 63.7 Å². The van der Waals surface area contributed by atoms with E-state index in [1.54, 1.807) is 0 Å². The van der Waals surface area contributed by atoms with Gasteiger partial charge in [0.2, 0.25) is 0 Å². The van der Waals surface area contributed by atoms with Gasteiger partial charge >= 0.3 is 0 Å². The second kappa shape index (κ2) is 5.27. The van der Waals surface area contributed by atoms with Crippen LogP contribution in [0, 0.1) is 12.8 Å². The van der Waals surface area contributed by atoms with Crippen molar-refractivity contribution in [2.45, 2.75) is 38.6 Å². The van der Waals surface area contributed by atoms with Crippen LogP contribution in [-0.2, 0) is 0 Å². The number of hydrogen-bond acceptors (Lipinski definition) is 3. The van der Waals surface area contributed by atoms with Crippen LogP contribution in [0.2, 0.25) is 0 Å². The Kier molecular flexibility index (Phi) is 3.50. The molecule has 98 valence electrons. The van der Waals surface area contributed by atoms with Crippen molar-refractivity contribution in [3.05, 3.63) is 23.9 Å². The Morgan fingerprint density at radius 2 is 2.22 bits per heavy atom. The number of pyridine rings is 1. The Labute approximate surface area is 110 Å². The van der Waals surface area contributed by atoms with E-state index in [1.165, 1.54) is 51.1 Å². The molecule has 1 aliphatic carbocycles. The van der Waals surface area contributed by atoms with Gasteiger partial charge in [-0.25, -0.2) is 4.98 Å². The zero-order chi connectivity index (χ0) is 12.4. The largest absolute Gasteiger partial charge is 0.353 e. The number of nitrogens with zero attached hydrogens (tertiary/aromatic N) is 2. The molecule has 2 fully saturated rings. The third kappa shape index (κ3) is 2.83. The fraction of sp³-hybridized carbons (Fsp3) is 0.667. The number of hydrogen-bond donors (Lipinski definition) is 1. The molecule has 0 bridgehead atoms. The van der Waals surface area contributed by atoms with Crippen molar-refractivity contribution in [1.82, 2.24) is 10.3 Å². The first-order valence-electron chi connectivity index (χ1n) is 7.24. The molecule has 1 aliphatic heterocycles. The number of rotatable bonds is 4. The van der Waals surface area contributed by atoms with Crippen molar-refractivity contribution in [3.8, 4) is 0 Å². The summed E-state index contributed by atoms with van der Waals surface area (Å²) in [6.45, 7) is 5.63. The number of anilines is 1. The maximum absolute atomic E-state index is 4.71. The van der Waals surface area contributed by atoms with Crippen LogP contribution in [0.3, 0.4) is 0 Å². The monoisotopic (exact) mass is 245 g/mol. The average Bonchev–Trinajstić information content (AvgIpc) is 3.21. The summed E-state index contributed by atoms with van der Waals surface area (Å²) >= 11 is 0. The van der Waals surface area contributed by atoms with Gasteiger partial charge in [-0.1, -0.05) is 6.07 Å². The molecule has 2 aliphatic rings. The van der Waals surface area contributed by atoms with Crippen LogP contribution in [0.5, 0.6) is 0 Å². The molecule has 1 N–H and O–H groups in total. The lowest BCUT2D eigenvalue weighted by Crippen LogP contribution is -2.39. The van der Waals surface area contributed by atoms with Gasteiger partial charge in [0.05, 0.1) is 0 Å². The molecule has 3 nitrogen and oxygen atoms in total. The van der Waals surface area contributed by atoms with Crippen molar-refractivity contribution >= 4 is 5.82 Å². The quantitative estimate of drug-likeness (QED) is 0.882. The van der Waals surface area contributed by atoms with Crippen LogP contribution < -0.4 is 10.2 Å². The molecule has 0 spiro atoms. The van der Waals surface area contributed by atoms with E-state index in [0.29, 0.717) is 0 Å². The number of aromatic nitrogens is 1. The highest BCUT2D eigenvalue weighted by Gasteiger charge is 2.31. The standard InChI is InChI=1S/C15H23N3/c1-12-4-2-6-15(17-12)18(14-7-8-14)11-13-5-3-9-16-10-13/h2,4,6,13-14,16H,3,5,7-11H2,1H3. The lowest BCUT2D eigenvalue weighted by atomic mass is 9.99. The third-order valence-corrected chi connectivity index (χ3v) is 4.01. The van der Waals surface area contributed by atoms with Gasteiger partial charge < -0.3 is 10.2 Å². The van der Waals surface area contributed by atoms with Crippen LogP contribution in [0.4, 0.5) is 5.82 Å². The highest BCUT2D eigenvalue weighted by Crippen LogP contribution is 2.32. The molecule has 18 heavy (non-hydrogen) atoms. The van der Waals surface area contributed by atoms with Gasteiger partial charge in [0.25, 0.3) is 0 Å². The number of nitrogens with one attached hydrogen (secondary N) is 1. The minimum absolute atomic E-state index is 0.751. The topological polar surface area (TPSA) is 28.2 Å². The van der Waals surface area contributed by atoms with E-state index in [4.69, 9.17) is 4.98 Å². The Morgan fingerprint density at radius 3 is 2.89 bits per heavy atom. The first kappa shape index (κ1) is 12.0. The molecule has 2 heterocycles. The van der Waals surface area contributed by atoms with Crippen molar-refractivity contribution in [2.24, 2.45) is 5.92 Å². The molecular formula is C15H23N3. The minimum Gasteiger partial charge on any atom is -0.353 e. The summed E-state index contributed by atoms with van der Waals surface area (Å²) in [5.41, 5.74) is 1.12. The highest BCUT2D eigenvalue weighted by atomic mass is 15.2. The molecule has 1 saturated heterocycles. The molecule has 1 unspecified atom stereocenters. The smallest absolute Gasteiger partial charge is 0.129 e. The normalized spacial score (nSPS) is 23.9. The van der Waals surface area contributed by atoms with E-state index >= 15 is 0 Å². The first-order chi connectivity index (χ1) is 8.83. The summed E-state index contributed by atoms with van der Waals surface area (Å²) in [7, 11) is 0. The van der Waals surface area contributed by atoms with E-state index in [-0.39, 0.29) is 0 Å². The van der Waals surface area contributed by atoms with Crippen LogP contribution in [0.15, 0.2) is 18.2 Å². The molecule has 0 amide bonds. The fourth-order valence-electron chi connectivity index (χ4n) is 2.86.